The Bertz CT molecular complexity index is 1000. The lowest BCUT2D eigenvalue weighted by Gasteiger charge is -2.32. The molecule has 0 fully saturated rings. The van der Waals surface area contributed by atoms with Gasteiger partial charge in [0.2, 0.25) is 0 Å². The molecule has 1 atom stereocenters. The fourth-order valence-corrected chi connectivity index (χ4v) is 3.70. The standard InChI is InChI=1S/C20H17F3N4O2/c1-26-15-11-27(10-12-5-4-8-24-9-12)18(28)16(15)17(25-19(26)29)13-6-2-3-7-14(13)20(21,22)23/h2-9,17H,10-11H2,1H3,(H,25,29)/t17-/m1/s1. The summed E-state index contributed by atoms with van der Waals surface area (Å²) in [5, 5.41) is 2.55. The Morgan fingerprint density at radius 3 is 2.62 bits per heavy atom. The van der Waals surface area contributed by atoms with Crippen molar-refractivity contribution in [1.29, 1.82) is 0 Å². The number of halogens is 3. The van der Waals surface area contributed by atoms with E-state index in [0.29, 0.717) is 5.70 Å². The molecule has 0 spiro atoms. The summed E-state index contributed by atoms with van der Waals surface area (Å²) in [6, 6.07) is 6.81. The normalized spacial score (nSPS) is 19.5. The van der Waals surface area contributed by atoms with E-state index in [4.69, 9.17) is 0 Å². The van der Waals surface area contributed by atoms with Crippen LogP contribution in [0.25, 0.3) is 0 Å². The smallest absolute Gasteiger partial charge is 0.329 e. The second kappa shape index (κ2) is 6.91. The molecule has 9 heteroatoms. The van der Waals surface area contributed by atoms with E-state index in [1.54, 1.807) is 24.5 Å². The van der Waals surface area contributed by atoms with Crippen LogP contribution in [-0.4, -0.2) is 40.3 Å². The lowest BCUT2D eigenvalue weighted by Crippen LogP contribution is -2.45. The van der Waals surface area contributed by atoms with Gasteiger partial charge in [0.15, 0.2) is 0 Å². The number of carbonyl (C=O) groups is 2. The van der Waals surface area contributed by atoms with Gasteiger partial charge >= 0.3 is 12.2 Å². The first kappa shape index (κ1) is 19.0. The number of alkyl halides is 3. The van der Waals surface area contributed by atoms with Crippen LogP contribution in [0.3, 0.4) is 0 Å². The number of hydrogen-bond acceptors (Lipinski definition) is 3. The van der Waals surface area contributed by atoms with Crippen molar-refractivity contribution in [3.05, 3.63) is 76.8 Å². The third-order valence-corrected chi connectivity index (χ3v) is 5.11. The molecule has 1 aromatic carbocycles. The molecule has 1 aromatic heterocycles. The number of likely N-dealkylation sites (N-methyl/N-ethyl adjacent to an activating group) is 1. The molecule has 6 nitrogen and oxygen atoms in total. The highest BCUT2D eigenvalue weighted by atomic mass is 19.4. The van der Waals surface area contributed by atoms with Gasteiger partial charge in [-0.1, -0.05) is 24.3 Å². The summed E-state index contributed by atoms with van der Waals surface area (Å²) in [5.74, 6) is -0.405. The molecule has 0 saturated heterocycles. The Labute approximate surface area is 164 Å². The van der Waals surface area contributed by atoms with Crippen molar-refractivity contribution in [2.24, 2.45) is 0 Å². The van der Waals surface area contributed by atoms with Crippen molar-refractivity contribution in [3.63, 3.8) is 0 Å². The van der Waals surface area contributed by atoms with Crippen molar-refractivity contribution < 1.29 is 22.8 Å². The maximum Gasteiger partial charge on any atom is 0.416 e. The molecule has 4 rings (SSSR count). The van der Waals surface area contributed by atoms with E-state index in [9.17, 15) is 22.8 Å². The minimum absolute atomic E-state index is 0.137. The van der Waals surface area contributed by atoms with E-state index in [2.05, 4.69) is 10.3 Å². The van der Waals surface area contributed by atoms with E-state index in [0.717, 1.165) is 11.6 Å². The minimum Gasteiger partial charge on any atom is -0.329 e. The highest BCUT2D eigenvalue weighted by Crippen LogP contribution is 2.41. The maximum atomic E-state index is 13.5. The van der Waals surface area contributed by atoms with Crippen LogP contribution in [0, 0.1) is 0 Å². The van der Waals surface area contributed by atoms with Crippen LogP contribution in [-0.2, 0) is 17.5 Å². The lowest BCUT2D eigenvalue weighted by atomic mass is 9.92. The van der Waals surface area contributed by atoms with E-state index < -0.39 is 29.7 Å². The molecule has 0 unspecified atom stereocenters. The maximum absolute atomic E-state index is 13.5. The zero-order valence-corrected chi connectivity index (χ0v) is 15.4. The summed E-state index contributed by atoms with van der Waals surface area (Å²) in [7, 11) is 1.50. The Hall–Kier alpha value is -3.36. The summed E-state index contributed by atoms with van der Waals surface area (Å²) < 4.78 is 40.6. The van der Waals surface area contributed by atoms with Crippen LogP contribution < -0.4 is 5.32 Å². The molecule has 2 aliphatic heterocycles. The molecule has 1 N–H and O–H groups in total. The van der Waals surface area contributed by atoms with E-state index >= 15 is 0 Å². The van der Waals surface area contributed by atoms with Gasteiger partial charge in [-0.25, -0.2) is 4.79 Å². The molecule has 29 heavy (non-hydrogen) atoms. The summed E-state index contributed by atoms with van der Waals surface area (Å²) in [6.45, 7) is 0.382. The minimum atomic E-state index is -4.61. The molecule has 3 amide bonds. The van der Waals surface area contributed by atoms with Crippen molar-refractivity contribution >= 4 is 11.9 Å². The predicted molar refractivity (Wildman–Crippen MR) is 97.2 cm³/mol. The van der Waals surface area contributed by atoms with Gasteiger partial charge in [0.25, 0.3) is 5.91 Å². The number of carbonyl (C=O) groups excluding carboxylic acids is 2. The summed E-state index contributed by atoms with van der Waals surface area (Å²) in [4.78, 5) is 32.3. The predicted octanol–water partition coefficient (Wildman–Crippen LogP) is 3.09. The molecule has 0 radical (unpaired) electrons. The second-order valence-electron chi connectivity index (χ2n) is 6.91. The zero-order valence-electron chi connectivity index (χ0n) is 15.4. The highest BCUT2D eigenvalue weighted by molar-refractivity contribution is 6.01. The van der Waals surface area contributed by atoms with E-state index in [1.807, 2.05) is 0 Å². The fourth-order valence-electron chi connectivity index (χ4n) is 3.70. The van der Waals surface area contributed by atoms with Gasteiger partial charge in [-0.15, -0.1) is 0 Å². The number of amides is 3. The number of pyridine rings is 1. The summed E-state index contributed by atoms with van der Waals surface area (Å²) in [6.07, 6.45) is -1.38. The number of benzene rings is 1. The molecule has 3 heterocycles. The Balaban J connectivity index is 1.74. The van der Waals surface area contributed by atoms with Gasteiger partial charge in [-0.2, -0.15) is 13.2 Å². The molecule has 2 aromatic rings. The van der Waals surface area contributed by atoms with Crippen LogP contribution in [0.2, 0.25) is 0 Å². The summed E-state index contributed by atoms with van der Waals surface area (Å²) in [5.41, 5.74) is 0.331. The molecule has 0 saturated carbocycles. The van der Waals surface area contributed by atoms with E-state index in [1.165, 1.54) is 35.0 Å². The lowest BCUT2D eigenvalue weighted by molar-refractivity contribution is -0.138. The third kappa shape index (κ3) is 3.32. The van der Waals surface area contributed by atoms with Gasteiger partial charge in [-0.05, 0) is 23.3 Å². The van der Waals surface area contributed by atoms with Crippen molar-refractivity contribution in [3.8, 4) is 0 Å². The van der Waals surface area contributed by atoms with Crippen molar-refractivity contribution in [2.75, 3.05) is 13.6 Å². The Kier molecular flexibility index (Phi) is 4.52. The average Bonchev–Trinajstić information content (AvgIpc) is 3.01. The highest BCUT2D eigenvalue weighted by Gasteiger charge is 2.45. The van der Waals surface area contributed by atoms with Gasteiger partial charge in [0.05, 0.1) is 29.4 Å². The topological polar surface area (TPSA) is 65.5 Å². The van der Waals surface area contributed by atoms with Crippen molar-refractivity contribution in [2.45, 2.75) is 18.8 Å². The molecule has 150 valence electrons. The molecular weight excluding hydrogens is 385 g/mol. The fraction of sp³-hybridized carbons (Fsp3) is 0.250. The number of urea groups is 1. The van der Waals surface area contributed by atoms with Crippen LogP contribution in [0.5, 0.6) is 0 Å². The first-order valence-electron chi connectivity index (χ1n) is 8.89. The van der Waals surface area contributed by atoms with Gasteiger partial charge < -0.3 is 10.2 Å². The van der Waals surface area contributed by atoms with Crippen molar-refractivity contribution in [1.82, 2.24) is 20.1 Å². The third-order valence-electron chi connectivity index (χ3n) is 5.11. The monoisotopic (exact) mass is 402 g/mol. The number of hydrogen-bond donors (Lipinski definition) is 1. The number of nitrogens with one attached hydrogen (secondary N) is 1. The average molecular weight is 402 g/mol. The Morgan fingerprint density at radius 1 is 1.17 bits per heavy atom. The summed E-state index contributed by atoms with van der Waals surface area (Å²) >= 11 is 0. The van der Waals surface area contributed by atoms with Gasteiger partial charge in [0, 0.05) is 26.0 Å². The molecular formula is C20H17F3N4O2. The van der Waals surface area contributed by atoms with Gasteiger partial charge in [0.1, 0.15) is 0 Å². The largest absolute Gasteiger partial charge is 0.416 e. The first-order valence-corrected chi connectivity index (χ1v) is 8.89. The number of aromatic nitrogens is 1. The van der Waals surface area contributed by atoms with Crippen LogP contribution in [0.4, 0.5) is 18.0 Å². The number of rotatable bonds is 3. The van der Waals surface area contributed by atoms with Crippen LogP contribution in [0.15, 0.2) is 60.1 Å². The first-order chi connectivity index (χ1) is 13.8. The molecule has 0 aliphatic carbocycles. The van der Waals surface area contributed by atoms with Crippen LogP contribution >= 0.6 is 0 Å². The second-order valence-corrected chi connectivity index (χ2v) is 6.91. The van der Waals surface area contributed by atoms with Gasteiger partial charge in [-0.3, -0.25) is 14.7 Å². The molecule has 0 bridgehead atoms. The SMILES string of the molecule is CN1C(=O)N[C@H](c2ccccc2C(F)(F)F)C2=C1CN(Cc1cccnc1)C2=O. The Morgan fingerprint density at radius 2 is 1.93 bits per heavy atom. The quantitative estimate of drug-likeness (QED) is 0.858. The van der Waals surface area contributed by atoms with E-state index in [-0.39, 0.29) is 24.2 Å². The molecule has 2 aliphatic rings. The number of nitrogens with zero attached hydrogens (tertiary/aromatic N) is 3. The zero-order chi connectivity index (χ0) is 20.8. The van der Waals surface area contributed by atoms with Crippen LogP contribution in [0.1, 0.15) is 22.7 Å².